The van der Waals surface area contributed by atoms with Gasteiger partial charge in [0.15, 0.2) is 17.3 Å². The van der Waals surface area contributed by atoms with E-state index in [0.717, 1.165) is 44.4 Å². The van der Waals surface area contributed by atoms with Crippen LogP contribution in [0.1, 0.15) is 10.5 Å². The molecule has 2 aromatic heterocycles. The Bertz CT molecular complexity index is 1150. The van der Waals surface area contributed by atoms with Crippen LogP contribution in [0.15, 0.2) is 36.5 Å². The largest absolute Gasteiger partial charge is 0.476 e. The summed E-state index contributed by atoms with van der Waals surface area (Å²) < 4.78 is 43.1. The first kappa shape index (κ1) is 21.5. The normalized spacial score (nSPS) is 14.4. The number of nitrogens with zero attached hydrogens (tertiary/aromatic N) is 5. The standard InChI is InChI=1S/C21H19F3N6O2/c1-29-5-7-30(8-6-29)12-9-15(24)20(25-11-12)26-17-10-16(27-28-19(17)21(31)32)18-13(22)3-2-4-14(18)23/h2-4,9-11H,5-8H2,1H3,(H,31,32)(H,25,26,27). The first-order valence-corrected chi connectivity index (χ1v) is 9.75. The zero-order valence-electron chi connectivity index (χ0n) is 17.0. The van der Waals surface area contributed by atoms with Gasteiger partial charge < -0.3 is 20.2 Å². The molecule has 11 heteroatoms. The Hall–Kier alpha value is -3.73. The van der Waals surface area contributed by atoms with Crippen LogP contribution in [0, 0.1) is 17.5 Å². The first-order chi connectivity index (χ1) is 15.3. The monoisotopic (exact) mass is 444 g/mol. The molecule has 8 nitrogen and oxygen atoms in total. The molecule has 1 aromatic carbocycles. The first-order valence-electron chi connectivity index (χ1n) is 9.75. The number of carboxylic acid groups (broad SMARTS) is 1. The zero-order valence-corrected chi connectivity index (χ0v) is 17.0. The van der Waals surface area contributed by atoms with Crippen molar-refractivity contribution in [2.45, 2.75) is 0 Å². The molecule has 4 rings (SSSR count). The van der Waals surface area contributed by atoms with Gasteiger partial charge in [0.1, 0.15) is 17.3 Å². The van der Waals surface area contributed by atoms with Crippen molar-refractivity contribution in [3.8, 4) is 11.3 Å². The molecule has 1 fully saturated rings. The number of likely N-dealkylation sites (N-methyl/N-ethyl adjacent to an activating group) is 1. The molecular weight excluding hydrogens is 425 g/mol. The second-order valence-electron chi connectivity index (χ2n) is 7.33. The lowest BCUT2D eigenvalue weighted by atomic mass is 10.1. The maximum Gasteiger partial charge on any atom is 0.358 e. The summed E-state index contributed by atoms with van der Waals surface area (Å²) in [5.41, 5.74) is -0.873. The number of carboxylic acids is 1. The third kappa shape index (κ3) is 4.33. The van der Waals surface area contributed by atoms with Crippen molar-refractivity contribution >= 4 is 23.2 Å². The number of carbonyl (C=O) groups is 1. The summed E-state index contributed by atoms with van der Waals surface area (Å²) in [5, 5.41) is 19.1. The van der Waals surface area contributed by atoms with Crippen LogP contribution in [-0.2, 0) is 0 Å². The highest BCUT2D eigenvalue weighted by Crippen LogP contribution is 2.29. The Balaban J connectivity index is 1.66. The number of piperazine rings is 1. The van der Waals surface area contributed by atoms with E-state index in [4.69, 9.17) is 0 Å². The number of hydrogen-bond acceptors (Lipinski definition) is 7. The van der Waals surface area contributed by atoms with Crippen LogP contribution in [0.4, 0.5) is 30.4 Å². The van der Waals surface area contributed by atoms with Crippen LogP contribution in [0.25, 0.3) is 11.3 Å². The minimum Gasteiger partial charge on any atom is -0.476 e. The third-order valence-electron chi connectivity index (χ3n) is 5.16. The fourth-order valence-electron chi connectivity index (χ4n) is 3.39. The topological polar surface area (TPSA) is 94.5 Å². The fraction of sp³-hybridized carbons (Fsp3) is 0.238. The molecule has 1 aliphatic rings. The van der Waals surface area contributed by atoms with E-state index < -0.39 is 34.7 Å². The summed E-state index contributed by atoms with van der Waals surface area (Å²) in [4.78, 5) is 19.8. The maximum atomic E-state index is 14.8. The fourth-order valence-corrected chi connectivity index (χ4v) is 3.39. The van der Waals surface area contributed by atoms with E-state index in [1.807, 2.05) is 11.9 Å². The van der Waals surface area contributed by atoms with Crippen LogP contribution in [0.5, 0.6) is 0 Å². The average Bonchev–Trinajstić information content (AvgIpc) is 2.75. The van der Waals surface area contributed by atoms with E-state index in [1.54, 1.807) is 0 Å². The third-order valence-corrected chi connectivity index (χ3v) is 5.16. The Labute approximate surface area is 181 Å². The molecule has 3 heterocycles. The lowest BCUT2D eigenvalue weighted by Gasteiger charge is -2.33. The zero-order chi connectivity index (χ0) is 22.8. The molecule has 0 spiro atoms. The molecule has 0 atom stereocenters. The minimum absolute atomic E-state index is 0.205. The molecule has 1 aliphatic heterocycles. The van der Waals surface area contributed by atoms with Gasteiger partial charge in [-0.2, -0.15) is 0 Å². The summed E-state index contributed by atoms with van der Waals surface area (Å²) in [6, 6.07) is 5.65. The Morgan fingerprint density at radius 3 is 2.34 bits per heavy atom. The number of aromatic carboxylic acids is 1. The van der Waals surface area contributed by atoms with E-state index in [-0.39, 0.29) is 17.2 Å². The highest BCUT2D eigenvalue weighted by molar-refractivity contribution is 5.93. The van der Waals surface area contributed by atoms with Gasteiger partial charge in [-0.05, 0) is 25.2 Å². The number of nitrogens with one attached hydrogen (secondary N) is 1. The van der Waals surface area contributed by atoms with Gasteiger partial charge in [-0.25, -0.2) is 22.9 Å². The second kappa shape index (κ2) is 8.79. The molecule has 0 aliphatic carbocycles. The lowest BCUT2D eigenvalue weighted by Crippen LogP contribution is -2.44. The molecule has 3 aromatic rings. The summed E-state index contributed by atoms with van der Waals surface area (Å²) in [7, 11) is 2.01. The van der Waals surface area contributed by atoms with Crippen LogP contribution in [0.2, 0.25) is 0 Å². The van der Waals surface area contributed by atoms with Crippen molar-refractivity contribution in [2.24, 2.45) is 0 Å². The number of pyridine rings is 1. The van der Waals surface area contributed by atoms with Gasteiger partial charge in [-0.1, -0.05) is 6.07 Å². The second-order valence-corrected chi connectivity index (χ2v) is 7.33. The molecule has 0 bridgehead atoms. The molecule has 0 unspecified atom stereocenters. The highest BCUT2D eigenvalue weighted by Gasteiger charge is 2.21. The molecule has 0 amide bonds. The summed E-state index contributed by atoms with van der Waals surface area (Å²) in [5.74, 6) is -4.20. The van der Waals surface area contributed by atoms with Crippen LogP contribution < -0.4 is 10.2 Å². The highest BCUT2D eigenvalue weighted by atomic mass is 19.1. The van der Waals surface area contributed by atoms with Gasteiger partial charge in [0.25, 0.3) is 0 Å². The molecule has 2 N–H and O–H groups in total. The van der Waals surface area contributed by atoms with Crippen LogP contribution >= 0.6 is 0 Å². The van der Waals surface area contributed by atoms with Crippen molar-refractivity contribution in [3.05, 3.63) is 59.7 Å². The van der Waals surface area contributed by atoms with Gasteiger partial charge >= 0.3 is 5.97 Å². The number of benzene rings is 1. The molecule has 1 saturated heterocycles. The van der Waals surface area contributed by atoms with Gasteiger partial charge in [0, 0.05) is 32.2 Å². The van der Waals surface area contributed by atoms with E-state index in [2.05, 4.69) is 25.4 Å². The summed E-state index contributed by atoms with van der Waals surface area (Å²) >= 11 is 0. The lowest BCUT2D eigenvalue weighted by molar-refractivity contribution is 0.0690. The Morgan fingerprint density at radius 2 is 1.72 bits per heavy atom. The molecule has 0 saturated carbocycles. The number of anilines is 3. The predicted molar refractivity (Wildman–Crippen MR) is 112 cm³/mol. The Morgan fingerprint density at radius 1 is 1.03 bits per heavy atom. The van der Waals surface area contributed by atoms with E-state index in [0.29, 0.717) is 5.69 Å². The average molecular weight is 444 g/mol. The van der Waals surface area contributed by atoms with E-state index in [9.17, 15) is 23.1 Å². The van der Waals surface area contributed by atoms with Gasteiger partial charge in [-0.3, -0.25) is 0 Å². The number of aromatic nitrogens is 3. The quantitative estimate of drug-likeness (QED) is 0.620. The van der Waals surface area contributed by atoms with Crippen molar-refractivity contribution in [1.82, 2.24) is 20.1 Å². The van der Waals surface area contributed by atoms with Crippen LogP contribution in [0.3, 0.4) is 0 Å². The van der Waals surface area contributed by atoms with Crippen molar-refractivity contribution in [2.75, 3.05) is 43.4 Å². The maximum absolute atomic E-state index is 14.8. The van der Waals surface area contributed by atoms with Crippen molar-refractivity contribution < 1.29 is 23.1 Å². The molecule has 0 radical (unpaired) electrons. The van der Waals surface area contributed by atoms with Gasteiger partial charge in [0.2, 0.25) is 0 Å². The smallest absolute Gasteiger partial charge is 0.358 e. The van der Waals surface area contributed by atoms with Crippen molar-refractivity contribution in [1.29, 1.82) is 0 Å². The van der Waals surface area contributed by atoms with Crippen LogP contribution in [-0.4, -0.2) is 64.4 Å². The van der Waals surface area contributed by atoms with Gasteiger partial charge in [0.05, 0.1) is 23.1 Å². The summed E-state index contributed by atoms with van der Waals surface area (Å²) in [6.07, 6.45) is 1.48. The SMILES string of the molecule is CN1CCN(c2cnc(Nc3cc(-c4c(F)cccc4F)nnc3C(=O)O)c(F)c2)CC1. The molecule has 32 heavy (non-hydrogen) atoms. The number of halogens is 3. The van der Waals surface area contributed by atoms with E-state index >= 15 is 0 Å². The Kier molecular flexibility index (Phi) is 5.91. The van der Waals surface area contributed by atoms with Crippen molar-refractivity contribution in [3.63, 3.8) is 0 Å². The molecular formula is C21H19F3N6O2. The number of hydrogen-bond donors (Lipinski definition) is 2. The number of rotatable bonds is 5. The van der Waals surface area contributed by atoms with E-state index in [1.165, 1.54) is 18.3 Å². The summed E-state index contributed by atoms with van der Waals surface area (Å²) in [6.45, 7) is 3.11. The van der Waals surface area contributed by atoms with Gasteiger partial charge in [-0.15, -0.1) is 10.2 Å². The minimum atomic E-state index is -1.45. The molecule has 166 valence electrons. The predicted octanol–water partition coefficient (Wildman–Crippen LogP) is 3.15.